The van der Waals surface area contributed by atoms with Crippen molar-refractivity contribution in [1.29, 1.82) is 0 Å². The van der Waals surface area contributed by atoms with Gasteiger partial charge in [-0.05, 0) is 67.4 Å². The van der Waals surface area contributed by atoms with Gasteiger partial charge in [-0.1, -0.05) is 140 Å². The van der Waals surface area contributed by atoms with Crippen molar-refractivity contribution in [1.82, 2.24) is 24.8 Å². The molecule has 0 spiro atoms. The number of halogens is 2. The number of aromatic nitrogens is 5. The average Bonchev–Trinajstić information content (AvgIpc) is 3.25. The fraction of sp³-hybridized carbons (Fsp3) is 0.448. The molecule has 1 aliphatic heterocycles. The summed E-state index contributed by atoms with van der Waals surface area (Å²) >= 11 is 0. The van der Waals surface area contributed by atoms with Crippen LogP contribution in [0.3, 0.4) is 0 Å². The molecule has 0 radical (unpaired) electrons. The van der Waals surface area contributed by atoms with Crippen LogP contribution in [0.2, 0.25) is 0 Å². The molecule has 0 atom stereocenters. The van der Waals surface area contributed by atoms with Crippen LogP contribution in [-0.4, -0.2) is 57.6 Å². The van der Waals surface area contributed by atoms with E-state index in [1.54, 1.807) is 31.4 Å². The number of hydrogen-bond acceptors (Lipinski definition) is 8. The number of amides is 1. The largest absolute Gasteiger partial charge is 0.618 e. The summed E-state index contributed by atoms with van der Waals surface area (Å²) in [6, 6.07) is 35.3. The summed E-state index contributed by atoms with van der Waals surface area (Å²) in [5.41, 5.74) is 7.73. The smallest absolute Gasteiger partial charge is 0.388 e. The van der Waals surface area contributed by atoms with Crippen molar-refractivity contribution in [3.8, 4) is 23.0 Å². The van der Waals surface area contributed by atoms with Gasteiger partial charge in [0.25, 0.3) is 5.91 Å². The number of nitrogens with zero attached hydrogens (tertiary/aromatic N) is 5. The van der Waals surface area contributed by atoms with Gasteiger partial charge in [-0.3, -0.25) is 9.59 Å². The number of pyridine rings is 5. The highest BCUT2D eigenvalue weighted by Crippen LogP contribution is 2.26. The van der Waals surface area contributed by atoms with Crippen LogP contribution in [0.15, 0.2) is 120 Å². The molecular formula is C58H78F2N6O5. The van der Waals surface area contributed by atoms with E-state index in [1.165, 1.54) is 17.7 Å². The zero-order chi connectivity index (χ0) is 53.5. The number of aromatic amines is 1. The van der Waals surface area contributed by atoms with Crippen LogP contribution >= 0.6 is 0 Å². The number of nitrogens with one attached hydrogen (secondary N) is 1. The van der Waals surface area contributed by atoms with Gasteiger partial charge >= 0.3 is 6.61 Å². The monoisotopic (exact) mass is 977 g/mol. The van der Waals surface area contributed by atoms with Crippen molar-refractivity contribution >= 4 is 5.91 Å². The maximum atomic E-state index is 12.3. The van der Waals surface area contributed by atoms with Gasteiger partial charge in [-0.15, -0.1) is 0 Å². The minimum atomic E-state index is -2.82. The molecule has 0 saturated carbocycles. The van der Waals surface area contributed by atoms with Crippen molar-refractivity contribution in [3.05, 3.63) is 171 Å². The number of carbonyl (C=O) groups is 1. The first-order valence-corrected chi connectivity index (χ1v) is 24.0. The van der Waals surface area contributed by atoms with E-state index in [0.717, 1.165) is 58.3 Å². The molecule has 1 fully saturated rings. The Morgan fingerprint density at radius 2 is 1.17 bits per heavy atom. The third-order valence-electron chi connectivity index (χ3n) is 10.9. The maximum Gasteiger partial charge on any atom is 0.388 e. The summed E-state index contributed by atoms with van der Waals surface area (Å²) in [6.07, 6.45) is 1.12. The molecular weight excluding hydrogens is 899 g/mol. The number of aryl methyl sites for hydroxylation is 1. The Kier molecular flexibility index (Phi) is 20.8. The molecule has 6 aromatic rings. The quantitative estimate of drug-likeness (QED) is 0.133. The lowest BCUT2D eigenvalue weighted by Crippen LogP contribution is -2.42. The Bertz CT molecular complexity index is 2670. The van der Waals surface area contributed by atoms with E-state index in [-0.39, 0.29) is 44.4 Å². The molecule has 5 aromatic heterocycles. The molecule has 11 nitrogen and oxygen atoms in total. The van der Waals surface area contributed by atoms with Crippen LogP contribution in [0.4, 0.5) is 8.78 Å². The summed E-state index contributed by atoms with van der Waals surface area (Å²) in [7, 11) is 1.65. The van der Waals surface area contributed by atoms with Gasteiger partial charge in [-0.25, -0.2) is 15.0 Å². The molecule has 1 saturated heterocycles. The third kappa shape index (κ3) is 19.3. The molecule has 71 heavy (non-hydrogen) atoms. The van der Waals surface area contributed by atoms with Crippen molar-refractivity contribution in [2.75, 3.05) is 20.2 Å². The second-order valence-corrected chi connectivity index (χ2v) is 22.5. The Balaban J connectivity index is 0.000000236. The SMILES string of the molecule is CC(C)(C)c1cccc(-c2ccccc2)[n+]1[O-].CC(C)(C)c1cccc(=O)[nH]1.CC(C)(C)c1cccc(C(=O)N2CCC2)n1.CC(C)(C)c1cccc(OC(F)F)n1.COc1cc(C)cc(C(C)(C)C)n1. The number of ether oxygens (including phenoxy) is 2. The predicted octanol–water partition coefficient (Wildman–Crippen LogP) is 12.9. The van der Waals surface area contributed by atoms with Crippen LogP contribution in [0.1, 0.15) is 155 Å². The zero-order valence-corrected chi connectivity index (χ0v) is 45.2. The number of methoxy groups -OCH3 is 1. The first-order chi connectivity index (χ1) is 32.8. The van der Waals surface area contributed by atoms with E-state index in [2.05, 4.69) is 100.0 Å². The Morgan fingerprint density at radius 1 is 0.634 bits per heavy atom. The summed E-state index contributed by atoms with van der Waals surface area (Å²) in [4.78, 5) is 40.3. The number of likely N-dealkylation sites (tertiary alicyclic amines) is 1. The number of H-pyrrole nitrogens is 1. The third-order valence-corrected chi connectivity index (χ3v) is 10.9. The second kappa shape index (κ2) is 25.1. The standard InChI is InChI=1S/C15H17NO.C13H18N2O.C11H17NO.C10H13F2NO.C9H13NO/c1-15(2,3)14-11-7-10-13(16(14)17)12-8-5-4-6-9-12;1-13(2,3)11-7-4-6-10(14-11)12(16)15-8-5-9-15;1-8-6-9(11(2,3)4)12-10(7-8)13-5;1-10(2,3)7-5-4-6-8(13-7)14-9(11)12;1-9(2,3)7-5-4-6-8(11)10-7/h4-11H,1-3H3;4,6-7H,5,8-9H2,1-3H3;6-7H,1-5H3;4-6,9H,1-3H3;4-6H,1-3H3,(H,10,11). The summed E-state index contributed by atoms with van der Waals surface area (Å²) in [6.45, 7) is 32.0. The van der Waals surface area contributed by atoms with E-state index in [1.807, 2.05) is 119 Å². The number of benzene rings is 1. The molecule has 7 rings (SSSR count). The molecule has 0 bridgehead atoms. The number of alkyl halides is 2. The van der Waals surface area contributed by atoms with Crippen LogP contribution in [0.25, 0.3) is 11.3 Å². The minimum Gasteiger partial charge on any atom is -0.618 e. The molecule has 1 aliphatic rings. The minimum absolute atomic E-state index is 0.00869. The Labute approximate surface area is 421 Å². The highest BCUT2D eigenvalue weighted by Gasteiger charge is 2.26. The number of carbonyl (C=O) groups excluding carboxylic acids is 1. The van der Waals surface area contributed by atoms with Gasteiger partial charge in [0.2, 0.25) is 23.0 Å². The zero-order valence-electron chi connectivity index (χ0n) is 45.2. The predicted molar refractivity (Wildman–Crippen MR) is 283 cm³/mol. The van der Waals surface area contributed by atoms with E-state index < -0.39 is 6.61 Å². The van der Waals surface area contributed by atoms with Crippen molar-refractivity contribution < 1.29 is 27.8 Å². The molecule has 0 unspecified atom stereocenters. The lowest BCUT2D eigenvalue weighted by Gasteiger charge is -2.30. The summed E-state index contributed by atoms with van der Waals surface area (Å²) < 4.78 is 34.1. The average molecular weight is 977 g/mol. The molecule has 6 heterocycles. The van der Waals surface area contributed by atoms with Crippen LogP contribution in [0.5, 0.6) is 11.8 Å². The summed E-state index contributed by atoms with van der Waals surface area (Å²) in [5.74, 6) is 0.731. The number of hydrogen-bond donors (Lipinski definition) is 1. The molecule has 1 N–H and O–H groups in total. The van der Waals surface area contributed by atoms with Crippen molar-refractivity contribution in [2.24, 2.45) is 0 Å². The van der Waals surface area contributed by atoms with Crippen molar-refractivity contribution in [3.63, 3.8) is 0 Å². The summed E-state index contributed by atoms with van der Waals surface area (Å²) in [5, 5.41) is 12.3. The molecule has 13 heteroatoms. The van der Waals surface area contributed by atoms with Crippen LogP contribution in [-0.2, 0) is 27.1 Å². The van der Waals surface area contributed by atoms with Gasteiger partial charge < -0.3 is 24.6 Å². The molecule has 1 aromatic carbocycles. The lowest BCUT2D eigenvalue weighted by molar-refractivity contribution is -0.606. The van der Waals surface area contributed by atoms with Crippen molar-refractivity contribution in [2.45, 2.75) is 151 Å². The molecule has 0 aliphatic carbocycles. The van der Waals surface area contributed by atoms with Crippen LogP contribution < -0.4 is 19.8 Å². The van der Waals surface area contributed by atoms with Gasteiger partial charge in [0.15, 0.2) is 5.69 Å². The first-order valence-electron chi connectivity index (χ1n) is 24.0. The van der Waals surface area contributed by atoms with E-state index in [4.69, 9.17) is 4.74 Å². The van der Waals surface area contributed by atoms with E-state index in [0.29, 0.717) is 17.3 Å². The lowest BCUT2D eigenvalue weighted by atomic mass is 9.91. The van der Waals surface area contributed by atoms with Gasteiger partial charge in [0, 0.05) is 93.1 Å². The van der Waals surface area contributed by atoms with Crippen LogP contribution in [0, 0.1) is 12.1 Å². The van der Waals surface area contributed by atoms with E-state index >= 15 is 0 Å². The maximum absolute atomic E-state index is 12.3. The normalized spacial score (nSPS) is 12.5. The van der Waals surface area contributed by atoms with E-state index in [9.17, 15) is 23.6 Å². The van der Waals surface area contributed by atoms with Gasteiger partial charge in [0.05, 0.1) is 12.8 Å². The second-order valence-electron chi connectivity index (χ2n) is 22.5. The van der Waals surface area contributed by atoms with Gasteiger partial charge in [0.1, 0.15) is 5.69 Å². The molecule has 1 amide bonds. The fourth-order valence-corrected chi connectivity index (χ4v) is 6.52. The Morgan fingerprint density at radius 3 is 1.65 bits per heavy atom. The fourth-order valence-electron chi connectivity index (χ4n) is 6.52. The topological polar surface area (TPSA) is 137 Å². The Hall–Kier alpha value is -6.50. The highest BCUT2D eigenvalue weighted by atomic mass is 19.3. The first kappa shape index (κ1) is 58.8. The molecule has 384 valence electrons. The highest BCUT2D eigenvalue weighted by molar-refractivity contribution is 5.92. The van der Waals surface area contributed by atoms with Gasteiger partial charge in [-0.2, -0.15) is 13.5 Å². The number of rotatable bonds is 5.